The Bertz CT molecular complexity index is 653. The molecule has 0 saturated heterocycles. The number of hydrogen-bond donors (Lipinski definition) is 2. The highest BCUT2D eigenvalue weighted by molar-refractivity contribution is 5.99. The van der Waals surface area contributed by atoms with Gasteiger partial charge < -0.3 is 25.0 Å². The van der Waals surface area contributed by atoms with Gasteiger partial charge in [-0.2, -0.15) is 0 Å². The monoisotopic (exact) mass is 363 g/mol. The zero-order chi connectivity index (χ0) is 19.5. The summed E-state index contributed by atoms with van der Waals surface area (Å²) in [6.07, 6.45) is 1.86. The Labute approximate surface area is 153 Å². The van der Waals surface area contributed by atoms with Crippen molar-refractivity contribution in [2.75, 3.05) is 46.7 Å². The van der Waals surface area contributed by atoms with Crippen molar-refractivity contribution < 1.29 is 23.9 Å². The van der Waals surface area contributed by atoms with E-state index in [0.29, 0.717) is 17.8 Å². The maximum atomic E-state index is 12.1. The number of hydrogen-bond acceptors (Lipinski definition) is 7. The van der Waals surface area contributed by atoms with Crippen molar-refractivity contribution in [1.82, 2.24) is 10.2 Å². The minimum absolute atomic E-state index is 0.0692. The smallest absolute Gasteiger partial charge is 0.354 e. The van der Waals surface area contributed by atoms with Gasteiger partial charge >= 0.3 is 11.9 Å². The normalized spacial score (nSPS) is 11.0. The summed E-state index contributed by atoms with van der Waals surface area (Å²) in [6.45, 7) is 1.48. The van der Waals surface area contributed by atoms with Crippen molar-refractivity contribution in [3.8, 4) is 0 Å². The standard InChI is InChI=1S/C18H25N3O5/c1-21(2)11-5-10-19-17(23)13-6-8-14(9-7-13)20-15(18(24)26-4)12-16(22)25-3/h6-9,12,20H,5,10-11H2,1-4H3,(H,19,23)/b15-12+. The number of esters is 2. The lowest BCUT2D eigenvalue weighted by molar-refractivity contribution is -0.138. The molecule has 0 unspecified atom stereocenters. The van der Waals surface area contributed by atoms with Crippen LogP contribution in [0.4, 0.5) is 5.69 Å². The summed E-state index contributed by atoms with van der Waals surface area (Å²) in [4.78, 5) is 37.2. The van der Waals surface area contributed by atoms with Crippen LogP contribution in [-0.2, 0) is 19.1 Å². The van der Waals surface area contributed by atoms with E-state index in [1.54, 1.807) is 24.3 Å². The van der Waals surface area contributed by atoms with Gasteiger partial charge in [0.25, 0.3) is 5.91 Å². The first-order valence-electron chi connectivity index (χ1n) is 8.05. The van der Waals surface area contributed by atoms with E-state index in [1.165, 1.54) is 14.2 Å². The average molecular weight is 363 g/mol. The highest BCUT2D eigenvalue weighted by Crippen LogP contribution is 2.13. The highest BCUT2D eigenvalue weighted by Gasteiger charge is 2.13. The second-order valence-corrected chi connectivity index (χ2v) is 5.69. The topological polar surface area (TPSA) is 97.0 Å². The summed E-state index contributed by atoms with van der Waals surface area (Å²) in [5.41, 5.74) is 0.951. The predicted octanol–water partition coefficient (Wildman–Crippen LogP) is 1.01. The zero-order valence-corrected chi connectivity index (χ0v) is 15.5. The van der Waals surface area contributed by atoms with Gasteiger partial charge in [-0.3, -0.25) is 4.79 Å². The summed E-state index contributed by atoms with van der Waals surface area (Å²) in [6, 6.07) is 6.50. The summed E-state index contributed by atoms with van der Waals surface area (Å²) in [5, 5.41) is 5.62. The van der Waals surface area contributed by atoms with Crippen LogP contribution in [0, 0.1) is 0 Å². The van der Waals surface area contributed by atoms with E-state index in [9.17, 15) is 14.4 Å². The third-order valence-corrected chi connectivity index (χ3v) is 3.36. The lowest BCUT2D eigenvalue weighted by Crippen LogP contribution is -2.27. The number of ether oxygens (including phenoxy) is 2. The first-order chi connectivity index (χ1) is 12.4. The molecular weight excluding hydrogens is 338 g/mol. The first-order valence-corrected chi connectivity index (χ1v) is 8.05. The van der Waals surface area contributed by atoms with Crippen LogP contribution in [-0.4, -0.2) is 64.2 Å². The van der Waals surface area contributed by atoms with Crippen molar-refractivity contribution in [2.24, 2.45) is 0 Å². The molecule has 0 aliphatic rings. The maximum Gasteiger partial charge on any atom is 0.354 e. The van der Waals surface area contributed by atoms with Crippen molar-refractivity contribution >= 4 is 23.5 Å². The molecular formula is C18H25N3O5. The van der Waals surface area contributed by atoms with E-state index in [1.807, 2.05) is 19.0 Å². The van der Waals surface area contributed by atoms with E-state index in [-0.39, 0.29) is 11.6 Å². The molecule has 0 aromatic heterocycles. The first kappa shape index (κ1) is 21.2. The third kappa shape index (κ3) is 7.35. The molecule has 0 aliphatic carbocycles. The van der Waals surface area contributed by atoms with E-state index in [2.05, 4.69) is 20.1 Å². The van der Waals surface area contributed by atoms with E-state index >= 15 is 0 Å². The maximum absolute atomic E-state index is 12.1. The second-order valence-electron chi connectivity index (χ2n) is 5.69. The van der Waals surface area contributed by atoms with Crippen LogP contribution in [0.3, 0.4) is 0 Å². The van der Waals surface area contributed by atoms with Crippen molar-refractivity contribution in [1.29, 1.82) is 0 Å². The molecule has 0 atom stereocenters. The quantitative estimate of drug-likeness (QED) is 0.384. The Morgan fingerprint density at radius 1 is 1.08 bits per heavy atom. The Balaban J connectivity index is 2.70. The average Bonchev–Trinajstić information content (AvgIpc) is 2.64. The fraction of sp³-hybridized carbons (Fsp3) is 0.389. The Hall–Kier alpha value is -2.87. The molecule has 0 bridgehead atoms. The minimum atomic E-state index is -0.710. The molecule has 26 heavy (non-hydrogen) atoms. The molecule has 1 rings (SSSR count). The number of methoxy groups -OCH3 is 2. The van der Waals surface area contributed by atoms with Gasteiger partial charge in [0.15, 0.2) is 0 Å². The SMILES string of the molecule is COC(=O)/C=C(/Nc1ccc(C(=O)NCCCN(C)C)cc1)C(=O)OC. The van der Waals surface area contributed by atoms with E-state index < -0.39 is 11.9 Å². The summed E-state index contributed by atoms with van der Waals surface area (Å²) < 4.78 is 9.12. The lowest BCUT2D eigenvalue weighted by Gasteiger charge is -2.11. The molecule has 1 aromatic carbocycles. The van der Waals surface area contributed by atoms with E-state index in [4.69, 9.17) is 0 Å². The molecule has 142 valence electrons. The number of nitrogens with zero attached hydrogens (tertiary/aromatic N) is 1. The van der Waals surface area contributed by atoms with Gasteiger partial charge in [0.1, 0.15) is 5.70 Å². The van der Waals surface area contributed by atoms with Crippen LogP contribution in [0.1, 0.15) is 16.8 Å². The fourth-order valence-electron chi connectivity index (χ4n) is 1.99. The summed E-state index contributed by atoms with van der Waals surface area (Å²) >= 11 is 0. The number of anilines is 1. The Morgan fingerprint density at radius 3 is 2.27 bits per heavy atom. The summed E-state index contributed by atoms with van der Waals surface area (Å²) in [7, 11) is 6.37. The molecule has 8 heteroatoms. The van der Waals surface area contributed by atoms with Crippen LogP contribution < -0.4 is 10.6 Å². The zero-order valence-electron chi connectivity index (χ0n) is 15.5. The van der Waals surface area contributed by atoms with Crippen molar-refractivity contribution in [3.05, 3.63) is 41.6 Å². The van der Waals surface area contributed by atoms with Gasteiger partial charge in [0.2, 0.25) is 0 Å². The molecule has 0 heterocycles. The van der Waals surface area contributed by atoms with Gasteiger partial charge in [-0.25, -0.2) is 9.59 Å². The molecule has 1 amide bonds. The Kier molecular flexibility index (Phi) is 8.86. The largest absolute Gasteiger partial charge is 0.466 e. The fourth-order valence-corrected chi connectivity index (χ4v) is 1.99. The Morgan fingerprint density at radius 2 is 1.73 bits per heavy atom. The van der Waals surface area contributed by atoms with Crippen LogP contribution >= 0.6 is 0 Å². The highest BCUT2D eigenvalue weighted by atomic mass is 16.5. The van der Waals surface area contributed by atoms with Crippen LogP contribution in [0.2, 0.25) is 0 Å². The minimum Gasteiger partial charge on any atom is -0.466 e. The molecule has 8 nitrogen and oxygen atoms in total. The van der Waals surface area contributed by atoms with Crippen LogP contribution in [0.25, 0.3) is 0 Å². The number of rotatable bonds is 9. The van der Waals surface area contributed by atoms with Gasteiger partial charge in [0.05, 0.1) is 20.3 Å². The molecule has 0 aliphatic heterocycles. The van der Waals surface area contributed by atoms with E-state index in [0.717, 1.165) is 19.0 Å². The molecule has 1 aromatic rings. The molecule has 0 radical (unpaired) electrons. The predicted molar refractivity (Wildman–Crippen MR) is 97.7 cm³/mol. The van der Waals surface area contributed by atoms with Gasteiger partial charge in [0, 0.05) is 17.8 Å². The number of amides is 1. The summed E-state index contributed by atoms with van der Waals surface area (Å²) in [5.74, 6) is -1.57. The van der Waals surface area contributed by atoms with Crippen molar-refractivity contribution in [2.45, 2.75) is 6.42 Å². The van der Waals surface area contributed by atoms with Crippen LogP contribution in [0.15, 0.2) is 36.0 Å². The number of nitrogens with one attached hydrogen (secondary N) is 2. The van der Waals surface area contributed by atoms with Gasteiger partial charge in [-0.05, 0) is 51.3 Å². The van der Waals surface area contributed by atoms with Gasteiger partial charge in [-0.1, -0.05) is 0 Å². The molecule has 2 N–H and O–H groups in total. The molecule has 0 saturated carbocycles. The third-order valence-electron chi connectivity index (χ3n) is 3.36. The van der Waals surface area contributed by atoms with Gasteiger partial charge in [-0.15, -0.1) is 0 Å². The number of carbonyl (C=O) groups excluding carboxylic acids is 3. The second kappa shape index (κ2) is 10.9. The molecule has 0 spiro atoms. The lowest BCUT2D eigenvalue weighted by atomic mass is 10.2. The number of benzene rings is 1. The molecule has 0 fully saturated rings. The number of carbonyl (C=O) groups is 3. The van der Waals surface area contributed by atoms with Crippen molar-refractivity contribution in [3.63, 3.8) is 0 Å². The van der Waals surface area contributed by atoms with Crippen LogP contribution in [0.5, 0.6) is 0 Å².